The lowest BCUT2D eigenvalue weighted by Gasteiger charge is -2.44. The Morgan fingerprint density at radius 1 is 1.12 bits per heavy atom. The molecule has 2 saturated heterocycles. The molecule has 1 unspecified atom stereocenters. The average Bonchev–Trinajstić information content (AvgIpc) is 3.36. The lowest BCUT2D eigenvalue weighted by molar-refractivity contribution is -0.0366. The van der Waals surface area contributed by atoms with Crippen molar-refractivity contribution < 1.29 is 27.0 Å². The Balaban J connectivity index is 1.34. The molecule has 0 N–H and O–H groups in total. The molecule has 6 nitrogen and oxygen atoms in total. The Bertz CT molecular complexity index is 1390. The molecule has 3 aromatic rings. The minimum absolute atomic E-state index is 0.0122. The number of hydrogen-bond acceptors (Lipinski definition) is 5. The highest BCUT2D eigenvalue weighted by Crippen LogP contribution is 2.44. The van der Waals surface area contributed by atoms with Crippen molar-refractivity contribution in [2.45, 2.75) is 70.4 Å². The predicted molar refractivity (Wildman–Crippen MR) is 153 cm³/mol. The molecule has 3 aliphatic heterocycles. The van der Waals surface area contributed by atoms with Crippen LogP contribution >= 0.6 is 0 Å². The largest absolute Gasteiger partial charge is 0.492 e. The molecule has 0 aliphatic carbocycles. The highest BCUT2D eigenvalue weighted by atomic mass is 19.1. The third-order valence-corrected chi connectivity index (χ3v) is 8.86. The van der Waals surface area contributed by atoms with Crippen LogP contribution in [0.15, 0.2) is 30.5 Å². The van der Waals surface area contributed by atoms with Crippen LogP contribution in [0.2, 0.25) is 0 Å². The second kappa shape index (κ2) is 11.8. The fraction of sp³-hybridized carbons (Fsp3) is 0.594. The van der Waals surface area contributed by atoms with Gasteiger partial charge in [0.25, 0.3) is 0 Å². The van der Waals surface area contributed by atoms with E-state index < -0.39 is 23.3 Å². The van der Waals surface area contributed by atoms with Gasteiger partial charge in [0.2, 0.25) is 0 Å². The fourth-order valence-corrected chi connectivity index (χ4v) is 6.83. The van der Waals surface area contributed by atoms with Gasteiger partial charge >= 0.3 is 0 Å². The van der Waals surface area contributed by atoms with Crippen LogP contribution in [-0.4, -0.2) is 77.4 Å². The maximum absolute atomic E-state index is 15.9. The molecule has 0 amide bonds. The Kier molecular flexibility index (Phi) is 8.24. The van der Waals surface area contributed by atoms with Crippen LogP contribution in [0, 0.1) is 17.6 Å². The quantitative estimate of drug-likeness (QED) is 0.272. The summed E-state index contributed by atoms with van der Waals surface area (Å²) in [6.07, 6.45) is 5.27. The smallest absolute Gasteiger partial charge is 0.150 e. The lowest BCUT2D eigenvalue weighted by Crippen LogP contribution is -2.49. The number of halogens is 4. The van der Waals surface area contributed by atoms with Crippen LogP contribution in [0.25, 0.3) is 10.9 Å². The normalized spacial score (nSPS) is 24.1. The van der Waals surface area contributed by atoms with Gasteiger partial charge in [-0.2, -0.15) is 5.10 Å². The molecule has 0 spiro atoms. The topological polar surface area (TPSA) is 42.8 Å². The number of rotatable bonds is 9. The van der Waals surface area contributed by atoms with E-state index in [9.17, 15) is 4.39 Å². The van der Waals surface area contributed by atoms with Gasteiger partial charge in [-0.15, -0.1) is 0 Å². The summed E-state index contributed by atoms with van der Waals surface area (Å²) >= 11 is 0. The molecule has 6 rings (SSSR count). The number of nitrogens with zero attached hydrogens (tertiary/aromatic N) is 4. The molecule has 3 atom stereocenters. The summed E-state index contributed by atoms with van der Waals surface area (Å²) in [6, 6.07) is 5.27. The molecule has 3 aliphatic rings. The first kappa shape index (κ1) is 29.4. The molecule has 10 heteroatoms. The third-order valence-electron chi connectivity index (χ3n) is 8.86. The van der Waals surface area contributed by atoms with Crippen LogP contribution < -0.4 is 4.74 Å². The first-order valence-electron chi connectivity index (χ1n) is 15.1. The zero-order valence-corrected chi connectivity index (χ0v) is 24.6. The van der Waals surface area contributed by atoms with E-state index in [1.165, 1.54) is 26.0 Å². The summed E-state index contributed by atoms with van der Waals surface area (Å²) in [5, 5.41) is 5.60. The number of aromatic nitrogens is 2. The van der Waals surface area contributed by atoms with Gasteiger partial charge in [-0.3, -0.25) is 14.2 Å². The number of benzene rings is 2. The number of fused-ring (bicyclic) bond motifs is 3. The first-order chi connectivity index (χ1) is 20.1. The molecule has 42 heavy (non-hydrogen) atoms. The fourth-order valence-electron chi connectivity index (χ4n) is 6.83. The number of alkyl halides is 2. The summed E-state index contributed by atoms with van der Waals surface area (Å²) in [5.41, 5.74) is 0.956. The van der Waals surface area contributed by atoms with E-state index in [4.69, 9.17) is 9.47 Å². The van der Waals surface area contributed by atoms with Gasteiger partial charge in [0, 0.05) is 67.8 Å². The van der Waals surface area contributed by atoms with Crippen molar-refractivity contribution in [3.63, 3.8) is 0 Å². The highest BCUT2D eigenvalue weighted by Gasteiger charge is 2.40. The summed E-state index contributed by atoms with van der Waals surface area (Å²) in [7, 11) is 0. The lowest BCUT2D eigenvalue weighted by atomic mass is 9.82. The summed E-state index contributed by atoms with van der Waals surface area (Å²) in [4.78, 5) is 3.92. The van der Waals surface area contributed by atoms with Crippen molar-refractivity contribution in [3.05, 3.63) is 58.8 Å². The summed E-state index contributed by atoms with van der Waals surface area (Å²) in [6.45, 7) is 7.46. The van der Waals surface area contributed by atoms with Crippen LogP contribution in [0.1, 0.15) is 69.0 Å². The minimum Gasteiger partial charge on any atom is -0.492 e. The van der Waals surface area contributed by atoms with E-state index in [1.54, 1.807) is 0 Å². The Morgan fingerprint density at radius 3 is 2.55 bits per heavy atom. The molecular formula is C32H40F4N4O2. The first-order valence-corrected chi connectivity index (χ1v) is 15.1. The number of ether oxygens (including phenoxy) is 2. The van der Waals surface area contributed by atoms with Crippen LogP contribution in [0.5, 0.6) is 5.75 Å². The highest BCUT2D eigenvalue weighted by molar-refractivity contribution is 5.84. The van der Waals surface area contributed by atoms with Crippen molar-refractivity contribution >= 4 is 10.9 Å². The van der Waals surface area contributed by atoms with Crippen LogP contribution in [0.3, 0.4) is 0 Å². The second-order valence-electron chi connectivity index (χ2n) is 12.8. The standard InChI is InChI=1S/C32H40F4N4O2/c1-20-12-24-23(7-8-28-25(24)16-37-40(28)29-6-4-5-10-42-29)31(39(20)19-32(2,3)36)30-26(34)13-22(14-27(30)35)41-11-9-38-17-21(15-33)18-38/h7-8,13-14,16,20-21,29,31H,4-6,9-12,15,17-19H2,1-3H3/t20-,29?,31+/m1/s1. The third kappa shape index (κ3) is 5.77. The van der Waals surface area contributed by atoms with Gasteiger partial charge in [-0.1, -0.05) is 6.07 Å². The summed E-state index contributed by atoms with van der Waals surface area (Å²) in [5.74, 6) is -1.30. The molecule has 2 fully saturated rings. The van der Waals surface area contributed by atoms with Crippen LogP contribution in [-0.2, 0) is 11.2 Å². The maximum atomic E-state index is 15.9. The number of hydrogen-bond donors (Lipinski definition) is 0. The van der Waals surface area contributed by atoms with E-state index in [2.05, 4.69) is 5.10 Å². The molecule has 0 radical (unpaired) electrons. The van der Waals surface area contributed by atoms with Crippen molar-refractivity contribution in [3.8, 4) is 5.75 Å². The van der Waals surface area contributed by atoms with E-state index in [1.807, 2.05) is 39.7 Å². The molecule has 0 bridgehead atoms. The minimum atomic E-state index is -1.58. The van der Waals surface area contributed by atoms with E-state index in [0.29, 0.717) is 32.7 Å². The molecule has 4 heterocycles. The molecule has 1 aromatic heterocycles. The van der Waals surface area contributed by atoms with Crippen molar-refractivity contribution in [2.75, 3.05) is 46.1 Å². The van der Waals surface area contributed by atoms with Gasteiger partial charge in [-0.05, 0) is 63.6 Å². The van der Waals surface area contributed by atoms with Crippen molar-refractivity contribution in [2.24, 2.45) is 5.92 Å². The molecular weight excluding hydrogens is 548 g/mol. The van der Waals surface area contributed by atoms with E-state index in [0.717, 1.165) is 41.3 Å². The van der Waals surface area contributed by atoms with E-state index >= 15 is 13.2 Å². The zero-order chi connectivity index (χ0) is 29.6. The van der Waals surface area contributed by atoms with Crippen molar-refractivity contribution in [1.29, 1.82) is 0 Å². The maximum Gasteiger partial charge on any atom is 0.150 e. The Morgan fingerprint density at radius 2 is 1.88 bits per heavy atom. The van der Waals surface area contributed by atoms with Gasteiger partial charge in [0.15, 0.2) is 6.23 Å². The average molecular weight is 589 g/mol. The Labute approximate surface area is 244 Å². The predicted octanol–water partition coefficient (Wildman–Crippen LogP) is 6.38. The summed E-state index contributed by atoms with van der Waals surface area (Å²) < 4.78 is 73.2. The van der Waals surface area contributed by atoms with Gasteiger partial charge in [-0.25, -0.2) is 17.9 Å². The SMILES string of the molecule is C[C@@H]1Cc2c(ccc3c2cnn3C2CCCCO2)[C@@H](c2c(F)cc(OCCN3CC(CF)C3)cc2F)N1CC(C)(C)F. The van der Waals surface area contributed by atoms with Gasteiger partial charge in [0.05, 0.1) is 24.4 Å². The molecule has 2 aromatic carbocycles. The van der Waals surface area contributed by atoms with E-state index in [-0.39, 0.29) is 49.3 Å². The second-order valence-corrected chi connectivity index (χ2v) is 12.8. The monoisotopic (exact) mass is 588 g/mol. The molecule has 0 saturated carbocycles. The van der Waals surface area contributed by atoms with Crippen LogP contribution in [0.4, 0.5) is 17.6 Å². The van der Waals surface area contributed by atoms with Crippen molar-refractivity contribution in [1.82, 2.24) is 19.6 Å². The molecule has 228 valence electrons. The van der Waals surface area contributed by atoms with Gasteiger partial charge in [0.1, 0.15) is 29.7 Å². The Hall–Kier alpha value is -2.69. The number of likely N-dealkylation sites (tertiary alicyclic amines) is 1. The van der Waals surface area contributed by atoms with Gasteiger partial charge < -0.3 is 9.47 Å². The zero-order valence-electron chi connectivity index (χ0n) is 24.6.